The second kappa shape index (κ2) is 8.97. The summed E-state index contributed by atoms with van der Waals surface area (Å²) in [5.41, 5.74) is 0.435. The number of hydrogen-bond acceptors (Lipinski definition) is 3. The van der Waals surface area contributed by atoms with Crippen molar-refractivity contribution in [3.63, 3.8) is 0 Å². The minimum atomic E-state index is -0.779. The molecule has 0 atom stereocenters. The first kappa shape index (κ1) is 21.3. The number of amides is 4. The van der Waals surface area contributed by atoms with E-state index in [9.17, 15) is 14.4 Å². The molecule has 0 aromatic heterocycles. The van der Waals surface area contributed by atoms with E-state index in [-0.39, 0.29) is 23.8 Å². The molecule has 2 fully saturated rings. The maximum atomic E-state index is 13.4. The Morgan fingerprint density at radius 2 is 1.76 bits per heavy atom. The van der Waals surface area contributed by atoms with Gasteiger partial charge in [-0.25, -0.2) is 4.79 Å². The Balaban J connectivity index is 1.72. The van der Waals surface area contributed by atoms with Gasteiger partial charge in [-0.2, -0.15) is 0 Å². The molecule has 1 spiro atoms. The molecule has 0 saturated carbocycles. The van der Waals surface area contributed by atoms with Crippen molar-refractivity contribution >= 4 is 17.8 Å². The maximum Gasteiger partial charge on any atom is 0.327 e. The number of nitrogens with zero attached hydrogens (tertiary/aromatic N) is 3. The highest BCUT2D eigenvalue weighted by atomic mass is 16.2. The van der Waals surface area contributed by atoms with Crippen LogP contribution in [-0.2, 0) is 16.0 Å². The first-order chi connectivity index (χ1) is 13.9. The second-order valence-corrected chi connectivity index (χ2v) is 8.60. The van der Waals surface area contributed by atoms with E-state index in [1.807, 2.05) is 30.0 Å². The molecular formula is C23H33N3O3. The molecule has 0 aliphatic carbocycles. The molecule has 4 amide bonds. The van der Waals surface area contributed by atoms with Gasteiger partial charge in [0.2, 0.25) is 5.91 Å². The number of imide groups is 1. The Labute approximate surface area is 173 Å². The molecule has 1 aromatic carbocycles. The van der Waals surface area contributed by atoms with E-state index in [1.54, 1.807) is 4.90 Å². The summed E-state index contributed by atoms with van der Waals surface area (Å²) in [7, 11) is 0. The normalized spacial score (nSPS) is 19.0. The molecule has 2 aliphatic rings. The van der Waals surface area contributed by atoms with Crippen LogP contribution in [0.5, 0.6) is 0 Å². The third-order valence-corrected chi connectivity index (χ3v) is 6.11. The molecule has 6 heteroatoms. The molecule has 0 bridgehead atoms. The molecule has 2 saturated heterocycles. The molecular weight excluding hydrogens is 366 g/mol. The number of benzene rings is 1. The standard InChI is InChI=1S/C23H33N3O3/c1-4-20(27)24-15-12-23(13-16-24)21(28)25(22(29)26(23)17-18(2)3)14-8-11-19-9-6-5-7-10-19/h5-7,9-10,18H,4,8,11-17H2,1-3H3. The van der Waals surface area contributed by atoms with Crippen molar-refractivity contribution in [3.05, 3.63) is 35.9 Å². The van der Waals surface area contributed by atoms with Crippen molar-refractivity contribution in [2.75, 3.05) is 26.2 Å². The maximum absolute atomic E-state index is 13.4. The van der Waals surface area contributed by atoms with E-state index in [1.165, 1.54) is 10.5 Å². The molecule has 0 unspecified atom stereocenters. The number of rotatable bonds is 7. The second-order valence-electron chi connectivity index (χ2n) is 8.60. The van der Waals surface area contributed by atoms with Crippen molar-refractivity contribution in [3.8, 4) is 0 Å². The highest BCUT2D eigenvalue weighted by molar-refractivity contribution is 6.07. The van der Waals surface area contributed by atoms with Crippen LogP contribution < -0.4 is 0 Å². The van der Waals surface area contributed by atoms with Gasteiger partial charge in [-0.3, -0.25) is 14.5 Å². The van der Waals surface area contributed by atoms with Gasteiger partial charge in [0.05, 0.1) is 0 Å². The minimum Gasteiger partial charge on any atom is -0.343 e. The van der Waals surface area contributed by atoms with Crippen LogP contribution in [0.3, 0.4) is 0 Å². The van der Waals surface area contributed by atoms with Crippen LogP contribution in [-0.4, -0.2) is 64.3 Å². The summed E-state index contributed by atoms with van der Waals surface area (Å²) in [6, 6.07) is 9.98. The molecule has 2 heterocycles. The SMILES string of the molecule is CCC(=O)N1CCC2(CC1)C(=O)N(CCCc1ccccc1)C(=O)N2CC(C)C. The molecule has 6 nitrogen and oxygen atoms in total. The van der Waals surface area contributed by atoms with E-state index in [0.29, 0.717) is 45.4 Å². The number of likely N-dealkylation sites (tertiary alicyclic amines) is 1. The Morgan fingerprint density at radius 3 is 2.34 bits per heavy atom. The zero-order chi connectivity index (χ0) is 21.0. The summed E-state index contributed by atoms with van der Waals surface area (Å²) in [4.78, 5) is 43.8. The third-order valence-electron chi connectivity index (χ3n) is 6.11. The summed E-state index contributed by atoms with van der Waals surface area (Å²) >= 11 is 0. The summed E-state index contributed by atoms with van der Waals surface area (Å²) in [6.07, 6.45) is 3.14. The molecule has 2 aliphatic heterocycles. The predicted molar refractivity (Wildman–Crippen MR) is 112 cm³/mol. The van der Waals surface area contributed by atoms with Crippen LogP contribution in [0, 0.1) is 5.92 Å². The van der Waals surface area contributed by atoms with Gasteiger partial charge in [0.1, 0.15) is 5.54 Å². The zero-order valence-corrected chi connectivity index (χ0v) is 17.9. The van der Waals surface area contributed by atoms with Crippen molar-refractivity contribution in [1.82, 2.24) is 14.7 Å². The van der Waals surface area contributed by atoms with Gasteiger partial charge < -0.3 is 9.80 Å². The van der Waals surface area contributed by atoms with Gasteiger partial charge >= 0.3 is 6.03 Å². The Bertz CT molecular complexity index is 739. The summed E-state index contributed by atoms with van der Waals surface area (Å²) in [6.45, 7) is 8.09. The minimum absolute atomic E-state index is 0.0696. The number of aryl methyl sites for hydroxylation is 1. The van der Waals surface area contributed by atoms with Gasteiger partial charge in [-0.05, 0) is 37.2 Å². The molecule has 1 aromatic rings. The number of carbonyl (C=O) groups excluding carboxylic acids is 3. The summed E-state index contributed by atoms with van der Waals surface area (Å²) < 4.78 is 0. The van der Waals surface area contributed by atoms with Crippen molar-refractivity contribution in [2.45, 2.75) is 58.4 Å². The lowest BCUT2D eigenvalue weighted by Gasteiger charge is -2.42. The van der Waals surface area contributed by atoms with Crippen LogP contribution in [0.15, 0.2) is 30.3 Å². The van der Waals surface area contributed by atoms with E-state index >= 15 is 0 Å². The van der Waals surface area contributed by atoms with Crippen molar-refractivity contribution in [1.29, 1.82) is 0 Å². The summed E-state index contributed by atoms with van der Waals surface area (Å²) in [5.74, 6) is 0.328. The average molecular weight is 400 g/mol. The highest BCUT2D eigenvalue weighted by Gasteiger charge is 2.57. The van der Waals surface area contributed by atoms with Gasteiger partial charge in [0.15, 0.2) is 0 Å². The quantitative estimate of drug-likeness (QED) is 0.661. The molecule has 0 N–H and O–H groups in total. The number of hydrogen-bond donors (Lipinski definition) is 0. The Hall–Kier alpha value is -2.37. The van der Waals surface area contributed by atoms with Gasteiger partial charge in [-0.15, -0.1) is 0 Å². The van der Waals surface area contributed by atoms with Gasteiger partial charge in [0.25, 0.3) is 5.91 Å². The van der Waals surface area contributed by atoms with E-state index in [2.05, 4.69) is 26.0 Å². The van der Waals surface area contributed by atoms with Crippen LogP contribution in [0.1, 0.15) is 52.0 Å². The monoisotopic (exact) mass is 399 g/mol. The molecule has 3 rings (SSSR count). The summed E-state index contributed by atoms with van der Waals surface area (Å²) in [5, 5.41) is 0. The number of urea groups is 1. The first-order valence-corrected chi connectivity index (χ1v) is 10.8. The average Bonchev–Trinajstić information content (AvgIpc) is 2.90. The highest BCUT2D eigenvalue weighted by Crippen LogP contribution is 2.38. The lowest BCUT2D eigenvalue weighted by molar-refractivity contribution is -0.141. The molecule has 0 radical (unpaired) electrons. The first-order valence-electron chi connectivity index (χ1n) is 10.8. The van der Waals surface area contributed by atoms with E-state index < -0.39 is 5.54 Å². The van der Waals surface area contributed by atoms with Crippen LogP contribution in [0.25, 0.3) is 0 Å². The number of piperidine rings is 1. The largest absolute Gasteiger partial charge is 0.343 e. The van der Waals surface area contributed by atoms with Crippen molar-refractivity contribution < 1.29 is 14.4 Å². The molecule has 29 heavy (non-hydrogen) atoms. The fourth-order valence-corrected chi connectivity index (χ4v) is 4.52. The zero-order valence-electron chi connectivity index (χ0n) is 17.9. The lowest BCUT2D eigenvalue weighted by atomic mass is 9.85. The number of carbonyl (C=O) groups is 3. The van der Waals surface area contributed by atoms with Crippen LogP contribution in [0.2, 0.25) is 0 Å². The van der Waals surface area contributed by atoms with E-state index in [0.717, 1.165) is 12.8 Å². The topological polar surface area (TPSA) is 60.9 Å². The third kappa shape index (κ3) is 4.31. The van der Waals surface area contributed by atoms with Crippen LogP contribution >= 0.6 is 0 Å². The Kier molecular flexibility index (Phi) is 6.60. The fraction of sp³-hybridized carbons (Fsp3) is 0.609. The Morgan fingerprint density at radius 1 is 1.10 bits per heavy atom. The van der Waals surface area contributed by atoms with Gasteiger partial charge in [0, 0.05) is 32.6 Å². The van der Waals surface area contributed by atoms with E-state index in [4.69, 9.17) is 0 Å². The lowest BCUT2D eigenvalue weighted by Crippen LogP contribution is -2.58. The fourth-order valence-electron chi connectivity index (χ4n) is 4.52. The van der Waals surface area contributed by atoms with Gasteiger partial charge in [-0.1, -0.05) is 51.1 Å². The van der Waals surface area contributed by atoms with Crippen molar-refractivity contribution in [2.24, 2.45) is 5.92 Å². The van der Waals surface area contributed by atoms with Crippen LogP contribution in [0.4, 0.5) is 4.79 Å². The predicted octanol–water partition coefficient (Wildman–Crippen LogP) is 3.31. The smallest absolute Gasteiger partial charge is 0.327 e. The molecule has 158 valence electrons.